The Morgan fingerprint density at radius 2 is 1.65 bits per heavy atom. The number of benzene rings is 1. The first-order chi connectivity index (χ1) is 12.6. The average Bonchev–Trinajstić information content (AvgIpc) is 3.22. The molecular formula is C18H16N4O4. The highest BCUT2D eigenvalue weighted by Crippen LogP contribution is 2.12. The molecule has 1 aliphatic rings. The van der Waals surface area contributed by atoms with Gasteiger partial charge in [-0.2, -0.15) is 0 Å². The maximum Gasteiger partial charge on any atom is 0.289 e. The van der Waals surface area contributed by atoms with Crippen LogP contribution in [-0.4, -0.2) is 57.8 Å². The molecule has 1 aliphatic heterocycles. The third-order valence-electron chi connectivity index (χ3n) is 4.40. The van der Waals surface area contributed by atoms with Crippen molar-refractivity contribution in [3.63, 3.8) is 0 Å². The predicted molar refractivity (Wildman–Crippen MR) is 92.9 cm³/mol. The quantitative estimate of drug-likeness (QED) is 0.745. The molecule has 8 nitrogen and oxygen atoms in total. The Labute approximate surface area is 148 Å². The van der Waals surface area contributed by atoms with Gasteiger partial charge in [-0.05, 0) is 24.3 Å². The fourth-order valence-electron chi connectivity index (χ4n) is 3.01. The summed E-state index contributed by atoms with van der Waals surface area (Å²) in [6, 6.07) is 10.1. The van der Waals surface area contributed by atoms with Gasteiger partial charge in [0.2, 0.25) is 0 Å². The van der Waals surface area contributed by atoms with Gasteiger partial charge in [0, 0.05) is 26.2 Å². The number of aromatic amines is 1. The molecule has 1 fully saturated rings. The molecule has 2 amide bonds. The smallest absolute Gasteiger partial charge is 0.289 e. The van der Waals surface area contributed by atoms with E-state index in [2.05, 4.69) is 9.97 Å². The van der Waals surface area contributed by atoms with Gasteiger partial charge in [0.15, 0.2) is 11.6 Å². The van der Waals surface area contributed by atoms with E-state index in [9.17, 15) is 14.4 Å². The summed E-state index contributed by atoms with van der Waals surface area (Å²) < 4.78 is 5.12. The van der Waals surface area contributed by atoms with Crippen molar-refractivity contribution in [2.24, 2.45) is 0 Å². The van der Waals surface area contributed by atoms with E-state index in [1.165, 1.54) is 6.26 Å². The lowest BCUT2D eigenvalue weighted by Crippen LogP contribution is -2.51. The Balaban J connectivity index is 1.49. The van der Waals surface area contributed by atoms with E-state index < -0.39 is 0 Å². The Bertz CT molecular complexity index is 1020. The van der Waals surface area contributed by atoms with Crippen LogP contribution in [0.3, 0.4) is 0 Å². The average molecular weight is 352 g/mol. The van der Waals surface area contributed by atoms with Crippen LogP contribution in [0.4, 0.5) is 0 Å². The van der Waals surface area contributed by atoms with Crippen molar-refractivity contribution in [2.75, 3.05) is 26.2 Å². The lowest BCUT2D eigenvalue weighted by molar-refractivity contribution is 0.0512. The summed E-state index contributed by atoms with van der Waals surface area (Å²) in [5.41, 5.74) is 0.136. The van der Waals surface area contributed by atoms with Crippen LogP contribution in [0, 0.1) is 0 Å². The molecule has 0 spiro atoms. The number of amides is 2. The summed E-state index contributed by atoms with van der Waals surface area (Å²) in [4.78, 5) is 47.1. The van der Waals surface area contributed by atoms with E-state index in [0.29, 0.717) is 37.1 Å². The standard InChI is InChI=1S/C18H16N4O4/c23-16-12-4-1-2-5-13(12)19-15(20-16)18(25)22-9-7-21(8-10-22)17(24)14-6-3-11-26-14/h1-6,11H,7-10H2,(H,19,20,23). The third-order valence-corrected chi connectivity index (χ3v) is 4.40. The molecule has 0 unspecified atom stereocenters. The van der Waals surface area contributed by atoms with Crippen LogP contribution in [-0.2, 0) is 0 Å². The van der Waals surface area contributed by atoms with E-state index >= 15 is 0 Å². The molecule has 2 aromatic heterocycles. The normalized spacial score (nSPS) is 14.6. The van der Waals surface area contributed by atoms with E-state index in [-0.39, 0.29) is 29.0 Å². The maximum atomic E-state index is 12.7. The first-order valence-electron chi connectivity index (χ1n) is 8.24. The number of aromatic nitrogens is 2. The van der Waals surface area contributed by atoms with Crippen LogP contribution in [0.2, 0.25) is 0 Å². The van der Waals surface area contributed by atoms with Crippen molar-refractivity contribution in [3.05, 3.63) is 64.6 Å². The number of nitrogens with zero attached hydrogens (tertiary/aromatic N) is 3. The molecule has 26 heavy (non-hydrogen) atoms. The third kappa shape index (κ3) is 2.85. The topological polar surface area (TPSA) is 99.5 Å². The van der Waals surface area contributed by atoms with E-state index in [0.717, 1.165) is 0 Å². The zero-order valence-electron chi connectivity index (χ0n) is 13.8. The minimum atomic E-state index is -0.349. The van der Waals surface area contributed by atoms with Gasteiger partial charge in [0.05, 0.1) is 17.2 Å². The highest BCUT2D eigenvalue weighted by atomic mass is 16.3. The second-order valence-corrected chi connectivity index (χ2v) is 5.99. The van der Waals surface area contributed by atoms with E-state index in [1.807, 2.05) is 0 Å². The molecule has 1 aromatic carbocycles. The number of hydrogen-bond acceptors (Lipinski definition) is 5. The molecule has 0 radical (unpaired) electrons. The zero-order chi connectivity index (χ0) is 18.1. The lowest BCUT2D eigenvalue weighted by Gasteiger charge is -2.34. The Morgan fingerprint density at radius 3 is 2.35 bits per heavy atom. The van der Waals surface area contributed by atoms with Gasteiger partial charge in [-0.3, -0.25) is 14.4 Å². The number of carbonyl (C=O) groups excluding carboxylic acids is 2. The molecule has 0 saturated carbocycles. The van der Waals surface area contributed by atoms with Gasteiger partial charge < -0.3 is 19.2 Å². The fourth-order valence-corrected chi connectivity index (χ4v) is 3.01. The summed E-state index contributed by atoms with van der Waals surface area (Å²) in [6.45, 7) is 1.51. The van der Waals surface area contributed by atoms with E-state index in [1.54, 1.807) is 46.2 Å². The summed E-state index contributed by atoms with van der Waals surface area (Å²) in [7, 11) is 0. The number of H-pyrrole nitrogens is 1. The summed E-state index contributed by atoms with van der Waals surface area (Å²) >= 11 is 0. The Hall–Kier alpha value is -3.42. The monoisotopic (exact) mass is 352 g/mol. The molecule has 1 saturated heterocycles. The van der Waals surface area contributed by atoms with Crippen molar-refractivity contribution < 1.29 is 14.0 Å². The number of nitrogens with one attached hydrogen (secondary N) is 1. The maximum absolute atomic E-state index is 12.7. The van der Waals surface area contributed by atoms with Crippen LogP contribution in [0.1, 0.15) is 21.2 Å². The van der Waals surface area contributed by atoms with Crippen molar-refractivity contribution >= 4 is 22.7 Å². The highest BCUT2D eigenvalue weighted by molar-refractivity contribution is 5.94. The second-order valence-electron chi connectivity index (χ2n) is 5.99. The van der Waals surface area contributed by atoms with Crippen molar-refractivity contribution in [3.8, 4) is 0 Å². The molecule has 3 aromatic rings. The zero-order valence-corrected chi connectivity index (χ0v) is 13.8. The van der Waals surface area contributed by atoms with Crippen LogP contribution in [0.15, 0.2) is 51.9 Å². The van der Waals surface area contributed by atoms with E-state index in [4.69, 9.17) is 4.42 Å². The van der Waals surface area contributed by atoms with Crippen molar-refractivity contribution in [1.82, 2.24) is 19.8 Å². The van der Waals surface area contributed by atoms with Crippen LogP contribution >= 0.6 is 0 Å². The number of para-hydroxylation sites is 1. The minimum absolute atomic E-state index is 0.0134. The number of rotatable bonds is 2. The largest absolute Gasteiger partial charge is 0.459 e. The second kappa shape index (κ2) is 6.47. The molecular weight excluding hydrogens is 336 g/mol. The summed E-state index contributed by atoms with van der Waals surface area (Å²) in [5, 5.41) is 0.443. The number of furan rings is 1. The number of piperazine rings is 1. The summed E-state index contributed by atoms with van der Waals surface area (Å²) in [5.74, 6) is -0.248. The number of fused-ring (bicyclic) bond motifs is 1. The van der Waals surface area contributed by atoms with Crippen molar-refractivity contribution in [2.45, 2.75) is 0 Å². The SMILES string of the molecule is O=C(c1nc2ccccc2c(=O)[nH]1)N1CCN(C(=O)c2ccco2)CC1. The molecule has 0 atom stereocenters. The lowest BCUT2D eigenvalue weighted by atomic mass is 10.2. The fraction of sp³-hybridized carbons (Fsp3) is 0.222. The van der Waals surface area contributed by atoms with Crippen LogP contribution in [0.5, 0.6) is 0 Å². The molecule has 8 heteroatoms. The van der Waals surface area contributed by atoms with Crippen molar-refractivity contribution in [1.29, 1.82) is 0 Å². The predicted octanol–water partition coefficient (Wildman–Crippen LogP) is 1.11. The molecule has 0 aliphatic carbocycles. The Kier molecular flexibility index (Phi) is 4.00. The van der Waals surface area contributed by atoms with Crippen LogP contribution < -0.4 is 5.56 Å². The molecule has 4 rings (SSSR count). The first kappa shape index (κ1) is 16.1. The molecule has 0 bridgehead atoms. The Morgan fingerprint density at radius 1 is 0.962 bits per heavy atom. The number of hydrogen-bond donors (Lipinski definition) is 1. The van der Waals surface area contributed by atoms with Gasteiger partial charge >= 0.3 is 0 Å². The highest BCUT2D eigenvalue weighted by Gasteiger charge is 2.27. The van der Waals surface area contributed by atoms with Gasteiger partial charge in [0.25, 0.3) is 17.4 Å². The summed E-state index contributed by atoms with van der Waals surface area (Å²) in [6.07, 6.45) is 1.45. The van der Waals surface area contributed by atoms with Gasteiger partial charge in [-0.1, -0.05) is 12.1 Å². The van der Waals surface area contributed by atoms with Gasteiger partial charge in [-0.25, -0.2) is 4.98 Å². The van der Waals surface area contributed by atoms with Gasteiger partial charge in [-0.15, -0.1) is 0 Å². The molecule has 1 N–H and O–H groups in total. The van der Waals surface area contributed by atoms with Crippen LogP contribution in [0.25, 0.3) is 10.9 Å². The first-order valence-corrected chi connectivity index (χ1v) is 8.24. The number of carbonyl (C=O) groups is 2. The molecule has 132 valence electrons. The molecule has 3 heterocycles. The van der Waals surface area contributed by atoms with Gasteiger partial charge in [0.1, 0.15) is 0 Å². The minimum Gasteiger partial charge on any atom is -0.459 e.